The minimum absolute atomic E-state index is 0.0949. The highest BCUT2D eigenvalue weighted by molar-refractivity contribution is 14.1. The van der Waals surface area contributed by atoms with E-state index in [0.29, 0.717) is 0 Å². The number of aromatic carboxylic acids is 1. The lowest BCUT2D eigenvalue weighted by molar-refractivity contribution is 0.0683. The van der Waals surface area contributed by atoms with Gasteiger partial charge in [0.25, 0.3) is 6.43 Å². The van der Waals surface area contributed by atoms with Gasteiger partial charge in [0, 0.05) is 0 Å². The van der Waals surface area contributed by atoms with Crippen LogP contribution in [0.15, 0.2) is 6.07 Å². The van der Waals surface area contributed by atoms with Crippen LogP contribution in [-0.4, -0.2) is 16.1 Å². The summed E-state index contributed by atoms with van der Waals surface area (Å²) in [6.07, 6.45) is -2.88. The number of carbonyl (C=O) groups is 1. The highest BCUT2D eigenvalue weighted by Crippen LogP contribution is 2.28. The van der Waals surface area contributed by atoms with E-state index in [1.807, 2.05) is 0 Å². The van der Waals surface area contributed by atoms with E-state index in [4.69, 9.17) is 16.7 Å². The van der Waals surface area contributed by atoms with Crippen molar-refractivity contribution in [3.05, 3.63) is 26.0 Å². The number of aromatic nitrogens is 1. The van der Waals surface area contributed by atoms with Gasteiger partial charge in [-0.25, -0.2) is 18.6 Å². The van der Waals surface area contributed by atoms with Gasteiger partial charge in [0.2, 0.25) is 0 Å². The summed E-state index contributed by atoms with van der Waals surface area (Å²) in [6, 6.07) is 0.910. The second kappa shape index (κ2) is 4.35. The molecule has 0 saturated carbocycles. The molecule has 0 radical (unpaired) electrons. The van der Waals surface area contributed by atoms with Gasteiger partial charge in [0.05, 0.1) is 11.1 Å². The number of halogens is 4. The van der Waals surface area contributed by atoms with Crippen molar-refractivity contribution in [2.45, 2.75) is 6.43 Å². The highest BCUT2D eigenvalue weighted by Gasteiger charge is 2.22. The van der Waals surface area contributed by atoms with Crippen LogP contribution in [0, 0.1) is 3.70 Å². The molecule has 0 aliphatic rings. The molecule has 0 bridgehead atoms. The van der Waals surface area contributed by atoms with Crippen molar-refractivity contribution in [3.8, 4) is 0 Å². The molecule has 0 aliphatic heterocycles. The van der Waals surface area contributed by atoms with Crippen LogP contribution in [0.25, 0.3) is 0 Å². The molecule has 0 fully saturated rings. The van der Waals surface area contributed by atoms with E-state index in [1.54, 1.807) is 0 Å². The topological polar surface area (TPSA) is 50.2 Å². The van der Waals surface area contributed by atoms with E-state index in [0.717, 1.165) is 6.07 Å². The van der Waals surface area contributed by atoms with Crippen LogP contribution >= 0.6 is 34.2 Å². The van der Waals surface area contributed by atoms with Gasteiger partial charge in [-0.1, -0.05) is 11.6 Å². The molecule has 76 valence electrons. The van der Waals surface area contributed by atoms with E-state index in [9.17, 15) is 13.6 Å². The Balaban J connectivity index is 3.44. The first kappa shape index (κ1) is 11.6. The van der Waals surface area contributed by atoms with Crippen LogP contribution in [0.4, 0.5) is 8.78 Å². The first-order valence-corrected chi connectivity index (χ1v) is 4.76. The molecule has 1 rings (SSSR count). The Morgan fingerprint density at radius 1 is 1.64 bits per heavy atom. The molecule has 0 spiro atoms. The normalized spacial score (nSPS) is 10.6. The zero-order chi connectivity index (χ0) is 10.9. The van der Waals surface area contributed by atoms with Gasteiger partial charge in [-0.2, -0.15) is 0 Å². The number of alkyl halides is 2. The number of carboxylic acids is 1. The molecular formula is C7H3ClF2INO2. The number of hydrogen-bond acceptors (Lipinski definition) is 2. The van der Waals surface area contributed by atoms with E-state index in [2.05, 4.69) is 4.98 Å². The third-order valence-electron chi connectivity index (χ3n) is 1.43. The molecule has 0 aliphatic carbocycles. The average molecular weight is 333 g/mol. The van der Waals surface area contributed by atoms with Crippen molar-refractivity contribution in [1.82, 2.24) is 4.98 Å². The third-order valence-corrected chi connectivity index (χ3v) is 2.45. The van der Waals surface area contributed by atoms with Gasteiger partial charge in [-0.15, -0.1) is 0 Å². The molecule has 1 N–H and O–H groups in total. The maximum Gasteiger partial charge on any atom is 0.336 e. The molecule has 1 aromatic heterocycles. The second-order valence-electron chi connectivity index (χ2n) is 2.30. The van der Waals surface area contributed by atoms with Gasteiger partial charge in [0.1, 0.15) is 8.85 Å². The maximum atomic E-state index is 12.4. The average Bonchev–Trinajstić information content (AvgIpc) is 2.01. The fourth-order valence-electron chi connectivity index (χ4n) is 0.879. The lowest BCUT2D eigenvalue weighted by atomic mass is 10.1. The van der Waals surface area contributed by atoms with E-state index in [-0.39, 0.29) is 8.85 Å². The molecule has 0 atom stereocenters. The number of pyridine rings is 1. The molecule has 0 aromatic carbocycles. The highest BCUT2D eigenvalue weighted by atomic mass is 127. The van der Waals surface area contributed by atoms with Crippen molar-refractivity contribution in [2.24, 2.45) is 0 Å². The van der Waals surface area contributed by atoms with Gasteiger partial charge < -0.3 is 5.11 Å². The predicted molar refractivity (Wildman–Crippen MR) is 53.9 cm³/mol. The Bertz CT molecular complexity index is 386. The zero-order valence-corrected chi connectivity index (χ0v) is 9.38. The van der Waals surface area contributed by atoms with E-state index in [1.165, 1.54) is 22.6 Å². The summed E-state index contributed by atoms with van der Waals surface area (Å²) in [5.74, 6) is -1.44. The van der Waals surface area contributed by atoms with Gasteiger partial charge in [-0.3, -0.25) is 0 Å². The van der Waals surface area contributed by atoms with Crippen LogP contribution in [-0.2, 0) is 0 Å². The summed E-state index contributed by atoms with van der Waals surface area (Å²) in [5.41, 5.74) is -1.10. The quantitative estimate of drug-likeness (QED) is 0.669. The molecule has 14 heavy (non-hydrogen) atoms. The smallest absolute Gasteiger partial charge is 0.336 e. The fraction of sp³-hybridized carbons (Fsp3) is 0.143. The summed E-state index contributed by atoms with van der Waals surface area (Å²) >= 11 is 6.97. The van der Waals surface area contributed by atoms with Crippen LogP contribution in [0.3, 0.4) is 0 Å². The predicted octanol–water partition coefficient (Wildman–Crippen LogP) is 2.98. The number of rotatable bonds is 2. The molecule has 0 saturated heterocycles. The minimum atomic E-state index is -2.88. The maximum absolute atomic E-state index is 12.4. The lowest BCUT2D eigenvalue weighted by Crippen LogP contribution is -2.07. The van der Waals surface area contributed by atoms with Crippen molar-refractivity contribution in [2.75, 3.05) is 0 Å². The van der Waals surface area contributed by atoms with E-state index >= 15 is 0 Å². The van der Waals surface area contributed by atoms with Crippen LogP contribution in [0.1, 0.15) is 22.3 Å². The second-order valence-corrected chi connectivity index (χ2v) is 3.71. The van der Waals surface area contributed by atoms with Crippen molar-refractivity contribution in [3.63, 3.8) is 0 Å². The SMILES string of the molecule is O=C(O)c1cc(Cl)nc(I)c1C(F)F. The molecule has 0 unspecified atom stereocenters. The summed E-state index contributed by atoms with van der Waals surface area (Å²) in [7, 11) is 0. The fourth-order valence-corrected chi connectivity index (χ4v) is 2.00. The summed E-state index contributed by atoms with van der Waals surface area (Å²) in [4.78, 5) is 14.2. The molecule has 7 heteroatoms. The van der Waals surface area contributed by atoms with Crippen LogP contribution < -0.4 is 0 Å². The molecule has 3 nitrogen and oxygen atoms in total. The zero-order valence-electron chi connectivity index (χ0n) is 6.47. The number of nitrogens with zero attached hydrogens (tertiary/aromatic N) is 1. The Kier molecular flexibility index (Phi) is 3.59. The standard InChI is InChI=1S/C7H3ClF2INO2/c8-3-1-2(7(13)14)4(5(9)10)6(11)12-3/h1,5H,(H,13,14). The Labute approximate surface area is 96.2 Å². The summed E-state index contributed by atoms with van der Waals surface area (Å²) < 4.78 is 24.8. The van der Waals surface area contributed by atoms with Crippen LogP contribution in [0.2, 0.25) is 5.15 Å². The molecular weight excluding hydrogens is 330 g/mol. The first-order valence-electron chi connectivity index (χ1n) is 3.31. The van der Waals surface area contributed by atoms with Gasteiger partial charge >= 0.3 is 5.97 Å². The monoisotopic (exact) mass is 333 g/mol. The lowest BCUT2D eigenvalue weighted by Gasteiger charge is -2.06. The molecule has 0 amide bonds. The third kappa shape index (κ3) is 2.30. The van der Waals surface area contributed by atoms with Gasteiger partial charge in [-0.05, 0) is 28.7 Å². The van der Waals surface area contributed by atoms with E-state index < -0.39 is 23.5 Å². The Morgan fingerprint density at radius 3 is 2.64 bits per heavy atom. The molecule has 1 heterocycles. The van der Waals surface area contributed by atoms with Crippen molar-refractivity contribution in [1.29, 1.82) is 0 Å². The largest absolute Gasteiger partial charge is 0.478 e. The van der Waals surface area contributed by atoms with Crippen molar-refractivity contribution < 1.29 is 18.7 Å². The minimum Gasteiger partial charge on any atom is -0.478 e. The Morgan fingerprint density at radius 2 is 2.21 bits per heavy atom. The number of carboxylic acid groups (broad SMARTS) is 1. The van der Waals surface area contributed by atoms with Crippen molar-refractivity contribution >= 4 is 40.2 Å². The molecule has 1 aromatic rings. The Hall–Kier alpha value is -0.500. The van der Waals surface area contributed by atoms with Crippen LogP contribution in [0.5, 0.6) is 0 Å². The number of hydrogen-bond donors (Lipinski definition) is 1. The first-order chi connectivity index (χ1) is 6.43. The summed E-state index contributed by atoms with van der Waals surface area (Å²) in [5, 5.41) is 8.53. The van der Waals surface area contributed by atoms with Gasteiger partial charge in [0.15, 0.2) is 0 Å². The summed E-state index contributed by atoms with van der Waals surface area (Å²) in [6.45, 7) is 0.